The highest BCUT2D eigenvalue weighted by molar-refractivity contribution is 5.84. The fraction of sp³-hybridized carbons (Fsp3) is 0.562. The third-order valence-corrected chi connectivity index (χ3v) is 2.82. The van der Waals surface area contributed by atoms with E-state index in [1.807, 2.05) is 18.2 Å². The van der Waals surface area contributed by atoms with Crippen molar-refractivity contribution in [3.63, 3.8) is 0 Å². The van der Waals surface area contributed by atoms with E-state index in [2.05, 4.69) is 45.1 Å². The first-order valence-electron chi connectivity index (χ1n) is 6.81. The summed E-state index contributed by atoms with van der Waals surface area (Å²) in [5, 5.41) is 3.38. The molecule has 0 saturated carbocycles. The monoisotopic (exact) mass is 247 g/mol. The molecule has 0 aromatic heterocycles. The molecule has 2 nitrogen and oxygen atoms in total. The Morgan fingerprint density at radius 3 is 2.22 bits per heavy atom. The van der Waals surface area contributed by atoms with Gasteiger partial charge in [0.1, 0.15) is 5.78 Å². The number of ketones is 1. The SMILES string of the molecule is CC(C)CC(=O)[C@H](Cc1ccccc1)NC(C)C. The summed E-state index contributed by atoms with van der Waals surface area (Å²) in [7, 11) is 0. The second kappa shape index (κ2) is 7.32. The number of hydrogen-bond acceptors (Lipinski definition) is 2. The normalized spacial score (nSPS) is 13.0. The lowest BCUT2D eigenvalue weighted by Crippen LogP contribution is -2.42. The van der Waals surface area contributed by atoms with Crippen LogP contribution < -0.4 is 5.32 Å². The van der Waals surface area contributed by atoms with Crippen molar-refractivity contribution in [1.82, 2.24) is 5.32 Å². The first kappa shape index (κ1) is 14.9. The molecule has 1 N–H and O–H groups in total. The molecule has 1 aromatic carbocycles. The van der Waals surface area contributed by atoms with E-state index in [-0.39, 0.29) is 6.04 Å². The molecule has 0 fully saturated rings. The zero-order valence-electron chi connectivity index (χ0n) is 11.9. The second-order valence-electron chi connectivity index (χ2n) is 5.63. The maximum absolute atomic E-state index is 12.2. The third kappa shape index (κ3) is 5.46. The molecule has 0 aliphatic rings. The zero-order chi connectivity index (χ0) is 13.5. The minimum Gasteiger partial charge on any atom is -0.305 e. The van der Waals surface area contributed by atoms with Crippen molar-refractivity contribution >= 4 is 5.78 Å². The molecule has 0 spiro atoms. The Kier molecular flexibility index (Phi) is 6.06. The molecule has 0 aliphatic carbocycles. The summed E-state index contributed by atoms with van der Waals surface area (Å²) in [5.74, 6) is 0.743. The topological polar surface area (TPSA) is 29.1 Å². The number of Topliss-reactive ketones (excluding diaryl/α,β-unsaturated/α-hetero) is 1. The van der Waals surface area contributed by atoms with Crippen LogP contribution in [0.3, 0.4) is 0 Å². The van der Waals surface area contributed by atoms with Crippen molar-refractivity contribution in [3.05, 3.63) is 35.9 Å². The van der Waals surface area contributed by atoms with Crippen molar-refractivity contribution in [2.75, 3.05) is 0 Å². The molecule has 0 amide bonds. The first-order chi connectivity index (χ1) is 8.49. The molecular weight excluding hydrogens is 222 g/mol. The van der Waals surface area contributed by atoms with Crippen LogP contribution in [-0.4, -0.2) is 17.9 Å². The van der Waals surface area contributed by atoms with Crippen LogP contribution in [-0.2, 0) is 11.2 Å². The number of rotatable bonds is 7. The van der Waals surface area contributed by atoms with Crippen LogP contribution >= 0.6 is 0 Å². The van der Waals surface area contributed by atoms with Gasteiger partial charge in [0, 0.05) is 12.5 Å². The van der Waals surface area contributed by atoms with E-state index >= 15 is 0 Å². The Morgan fingerprint density at radius 1 is 1.11 bits per heavy atom. The Morgan fingerprint density at radius 2 is 1.72 bits per heavy atom. The molecule has 2 heteroatoms. The molecule has 0 aliphatic heterocycles. The molecule has 0 bridgehead atoms. The quantitative estimate of drug-likeness (QED) is 0.801. The molecule has 1 aromatic rings. The van der Waals surface area contributed by atoms with Crippen molar-refractivity contribution in [1.29, 1.82) is 0 Å². The van der Waals surface area contributed by atoms with E-state index in [9.17, 15) is 4.79 Å². The Hall–Kier alpha value is -1.15. The molecular formula is C16H25NO. The first-order valence-corrected chi connectivity index (χ1v) is 6.81. The van der Waals surface area contributed by atoms with Gasteiger partial charge in [0.15, 0.2) is 0 Å². The average molecular weight is 247 g/mol. The Balaban J connectivity index is 2.69. The second-order valence-corrected chi connectivity index (χ2v) is 5.63. The van der Waals surface area contributed by atoms with Gasteiger partial charge in [-0.05, 0) is 17.9 Å². The number of nitrogens with one attached hydrogen (secondary N) is 1. The lowest BCUT2D eigenvalue weighted by atomic mass is 9.96. The number of carbonyl (C=O) groups is 1. The summed E-state index contributed by atoms with van der Waals surface area (Å²) in [6.07, 6.45) is 1.43. The third-order valence-electron chi connectivity index (χ3n) is 2.82. The van der Waals surface area contributed by atoms with Crippen molar-refractivity contribution in [2.45, 2.75) is 52.6 Å². The fourth-order valence-electron chi connectivity index (χ4n) is 2.06. The average Bonchev–Trinajstić information content (AvgIpc) is 2.28. The minimum atomic E-state index is -0.0604. The summed E-state index contributed by atoms with van der Waals surface area (Å²) in [6, 6.07) is 10.5. The van der Waals surface area contributed by atoms with Crippen LogP contribution in [0.5, 0.6) is 0 Å². The van der Waals surface area contributed by atoms with Gasteiger partial charge in [-0.1, -0.05) is 58.0 Å². The molecule has 1 atom stereocenters. The van der Waals surface area contributed by atoms with Gasteiger partial charge < -0.3 is 5.32 Å². The van der Waals surface area contributed by atoms with Crippen molar-refractivity contribution in [3.8, 4) is 0 Å². The highest BCUT2D eigenvalue weighted by Gasteiger charge is 2.20. The summed E-state index contributed by atoms with van der Waals surface area (Å²) in [5.41, 5.74) is 1.22. The van der Waals surface area contributed by atoms with Crippen LogP contribution in [0.15, 0.2) is 30.3 Å². The highest BCUT2D eigenvalue weighted by Crippen LogP contribution is 2.09. The molecule has 1 rings (SSSR count). The van der Waals surface area contributed by atoms with Gasteiger partial charge in [0.25, 0.3) is 0 Å². The number of benzene rings is 1. The van der Waals surface area contributed by atoms with E-state index in [0.717, 1.165) is 6.42 Å². The van der Waals surface area contributed by atoms with Crippen LogP contribution in [0.2, 0.25) is 0 Å². The van der Waals surface area contributed by atoms with Gasteiger partial charge in [0.05, 0.1) is 6.04 Å². The van der Waals surface area contributed by atoms with Gasteiger partial charge in [0.2, 0.25) is 0 Å². The van der Waals surface area contributed by atoms with Crippen LogP contribution in [0.1, 0.15) is 39.7 Å². The summed E-state index contributed by atoms with van der Waals surface area (Å²) in [4.78, 5) is 12.2. The van der Waals surface area contributed by atoms with Gasteiger partial charge in [-0.15, -0.1) is 0 Å². The van der Waals surface area contributed by atoms with Gasteiger partial charge in [-0.2, -0.15) is 0 Å². The van der Waals surface area contributed by atoms with E-state index in [0.29, 0.717) is 24.2 Å². The molecule has 18 heavy (non-hydrogen) atoms. The van der Waals surface area contributed by atoms with E-state index < -0.39 is 0 Å². The van der Waals surface area contributed by atoms with Gasteiger partial charge in [-0.3, -0.25) is 4.79 Å². The van der Waals surface area contributed by atoms with Crippen molar-refractivity contribution in [2.24, 2.45) is 5.92 Å². The summed E-state index contributed by atoms with van der Waals surface area (Å²) >= 11 is 0. The van der Waals surface area contributed by atoms with Crippen LogP contribution in [0, 0.1) is 5.92 Å². The molecule has 0 saturated heterocycles. The van der Waals surface area contributed by atoms with E-state index in [4.69, 9.17) is 0 Å². The lowest BCUT2D eigenvalue weighted by molar-refractivity contribution is -0.121. The fourth-order valence-corrected chi connectivity index (χ4v) is 2.06. The minimum absolute atomic E-state index is 0.0604. The van der Waals surface area contributed by atoms with Crippen LogP contribution in [0.4, 0.5) is 0 Å². The molecule has 100 valence electrons. The van der Waals surface area contributed by atoms with Gasteiger partial charge >= 0.3 is 0 Å². The Bertz CT molecular complexity index is 357. The van der Waals surface area contributed by atoms with E-state index in [1.54, 1.807) is 0 Å². The van der Waals surface area contributed by atoms with Gasteiger partial charge in [-0.25, -0.2) is 0 Å². The van der Waals surface area contributed by atoms with Crippen LogP contribution in [0.25, 0.3) is 0 Å². The molecule has 0 heterocycles. The predicted molar refractivity (Wildman–Crippen MR) is 76.7 cm³/mol. The Labute approximate surface area is 111 Å². The lowest BCUT2D eigenvalue weighted by Gasteiger charge is -2.21. The maximum atomic E-state index is 12.2. The highest BCUT2D eigenvalue weighted by atomic mass is 16.1. The summed E-state index contributed by atoms with van der Waals surface area (Å²) < 4.78 is 0. The molecule has 0 unspecified atom stereocenters. The largest absolute Gasteiger partial charge is 0.305 e. The van der Waals surface area contributed by atoms with Crippen molar-refractivity contribution < 1.29 is 4.79 Å². The maximum Gasteiger partial charge on any atom is 0.150 e. The number of hydrogen-bond donors (Lipinski definition) is 1. The molecule has 0 radical (unpaired) electrons. The van der Waals surface area contributed by atoms with E-state index in [1.165, 1.54) is 5.56 Å². The number of carbonyl (C=O) groups excluding carboxylic acids is 1. The summed E-state index contributed by atoms with van der Waals surface area (Å²) in [6.45, 7) is 8.35. The standard InChI is InChI=1S/C16H25NO/c1-12(2)10-16(18)15(17-13(3)4)11-14-8-6-5-7-9-14/h5-9,12-13,15,17H,10-11H2,1-4H3/t15-/m0/s1. The predicted octanol–water partition coefficient (Wildman–Crippen LogP) is 3.21. The smallest absolute Gasteiger partial charge is 0.150 e. The zero-order valence-corrected chi connectivity index (χ0v) is 11.9.